The van der Waals surface area contributed by atoms with Crippen molar-refractivity contribution in [3.63, 3.8) is 0 Å². The maximum atomic E-state index is 11.4. The zero-order valence-corrected chi connectivity index (χ0v) is 12.0. The third kappa shape index (κ3) is 7.23. The second-order valence-corrected chi connectivity index (χ2v) is 5.93. The molecular weight excluding hydrogens is 294 g/mol. The summed E-state index contributed by atoms with van der Waals surface area (Å²) in [6, 6.07) is 0. The number of rotatable bonds is 8. The molecule has 0 aromatic heterocycles. The van der Waals surface area contributed by atoms with Gasteiger partial charge in [0, 0.05) is 0 Å². The van der Waals surface area contributed by atoms with E-state index in [9.17, 15) is 19.8 Å². The van der Waals surface area contributed by atoms with Crippen molar-refractivity contribution >= 4 is 92.9 Å². The molecule has 0 heterocycles. The Labute approximate surface area is 187 Å². The zero-order valence-electron chi connectivity index (χ0n) is 12.0. The van der Waals surface area contributed by atoms with Crippen LogP contribution in [0, 0.1) is 10.8 Å². The van der Waals surface area contributed by atoms with E-state index >= 15 is 0 Å². The molecule has 110 valence electrons. The second-order valence-electron chi connectivity index (χ2n) is 5.93. The molecule has 0 rings (SSSR count). The van der Waals surface area contributed by atoms with Crippen LogP contribution >= 0.6 is 0 Å². The Bertz CT molecular complexity index is 286. The van der Waals surface area contributed by atoms with Crippen LogP contribution in [-0.4, -0.2) is 103 Å². The number of carbonyl (C=O) groups is 2. The van der Waals surface area contributed by atoms with Gasteiger partial charge < -0.3 is 10.2 Å². The van der Waals surface area contributed by atoms with E-state index in [1.54, 1.807) is 20.8 Å². The van der Waals surface area contributed by atoms with E-state index in [1.807, 2.05) is 0 Å². The Balaban J connectivity index is -0.00000144. The SMILES string of the molecule is CCCCCCCC(C(=O)O)(C(=O)O)C(C)(C)C.[KH].[NaH]. The predicted molar refractivity (Wildman–Crippen MR) is 84.8 cm³/mol. The molecule has 0 amide bonds. The average Bonchev–Trinajstić information content (AvgIpc) is 2.20. The molecule has 0 bridgehead atoms. The summed E-state index contributed by atoms with van der Waals surface area (Å²) in [7, 11) is 0. The van der Waals surface area contributed by atoms with Crippen LogP contribution in [0.4, 0.5) is 0 Å². The van der Waals surface area contributed by atoms with Crippen molar-refractivity contribution in [1.29, 1.82) is 0 Å². The summed E-state index contributed by atoms with van der Waals surface area (Å²) < 4.78 is 0. The number of aliphatic carboxylic acids is 2. The number of hydrogen-bond acceptors (Lipinski definition) is 2. The van der Waals surface area contributed by atoms with Crippen molar-refractivity contribution in [2.45, 2.75) is 66.2 Å². The summed E-state index contributed by atoms with van der Waals surface area (Å²) in [5.74, 6) is -2.45. The van der Waals surface area contributed by atoms with Crippen LogP contribution in [0.25, 0.3) is 0 Å². The van der Waals surface area contributed by atoms with Gasteiger partial charge in [-0.2, -0.15) is 0 Å². The fraction of sp³-hybridized carbons (Fsp3) is 0.857. The molecule has 0 saturated heterocycles. The summed E-state index contributed by atoms with van der Waals surface area (Å²) in [6.07, 6.45) is 5.01. The Morgan fingerprint density at radius 3 is 1.60 bits per heavy atom. The minimum absolute atomic E-state index is 0. The molecule has 0 aliphatic rings. The first kappa shape index (κ1) is 26.5. The maximum absolute atomic E-state index is 11.4. The van der Waals surface area contributed by atoms with Gasteiger partial charge in [-0.05, 0) is 11.8 Å². The molecule has 0 aliphatic carbocycles. The summed E-state index contributed by atoms with van der Waals surface area (Å²) >= 11 is 0. The normalized spacial score (nSPS) is 11.2. The minimum atomic E-state index is -1.68. The first-order valence-corrected chi connectivity index (χ1v) is 6.67. The topological polar surface area (TPSA) is 74.6 Å². The quantitative estimate of drug-likeness (QED) is 0.408. The number of carboxylic acids is 2. The molecule has 0 aromatic carbocycles. The Hall–Kier alpha value is 1.58. The van der Waals surface area contributed by atoms with Gasteiger partial charge in [-0.15, -0.1) is 0 Å². The van der Waals surface area contributed by atoms with E-state index in [4.69, 9.17) is 0 Å². The van der Waals surface area contributed by atoms with Crippen LogP contribution in [0.3, 0.4) is 0 Å². The van der Waals surface area contributed by atoms with Crippen molar-refractivity contribution in [1.82, 2.24) is 0 Å². The molecule has 4 nitrogen and oxygen atoms in total. The molecule has 0 unspecified atom stereocenters. The van der Waals surface area contributed by atoms with Gasteiger partial charge in [0.15, 0.2) is 5.41 Å². The van der Waals surface area contributed by atoms with Gasteiger partial charge in [0.05, 0.1) is 0 Å². The molecule has 6 heteroatoms. The number of carboxylic acid groups (broad SMARTS) is 2. The van der Waals surface area contributed by atoms with Gasteiger partial charge in [-0.1, -0.05) is 59.8 Å². The second kappa shape index (κ2) is 12.1. The average molecular weight is 322 g/mol. The van der Waals surface area contributed by atoms with Crippen molar-refractivity contribution in [3.05, 3.63) is 0 Å². The van der Waals surface area contributed by atoms with Crippen LogP contribution in [-0.2, 0) is 9.59 Å². The van der Waals surface area contributed by atoms with Crippen molar-refractivity contribution in [3.8, 4) is 0 Å². The third-order valence-corrected chi connectivity index (χ3v) is 3.67. The van der Waals surface area contributed by atoms with E-state index in [0.29, 0.717) is 6.42 Å². The van der Waals surface area contributed by atoms with Gasteiger partial charge in [0.25, 0.3) is 0 Å². The molecule has 0 radical (unpaired) electrons. The first-order chi connectivity index (χ1) is 8.20. The van der Waals surface area contributed by atoms with E-state index < -0.39 is 22.8 Å². The monoisotopic (exact) mass is 322 g/mol. The summed E-state index contributed by atoms with van der Waals surface area (Å²) in [5, 5.41) is 18.7. The van der Waals surface area contributed by atoms with E-state index in [1.165, 1.54) is 0 Å². The predicted octanol–water partition coefficient (Wildman–Crippen LogP) is 2.25. The van der Waals surface area contributed by atoms with Gasteiger partial charge >= 0.3 is 92.9 Å². The fourth-order valence-electron chi connectivity index (χ4n) is 2.32. The van der Waals surface area contributed by atoms with Crippen molar-refractivity contribution in [2.75, 3.05) is 0 Å². The Morgan fingerprint density at radius 1 is 0.900 bits per heavy atom. The molecule has 0 fully saturated rings. The Kier molecular flexibility index (Phi) is 16.0. The molecule has 20 heavy (non-hydrogen) atoms. The van der Waals surface area contributed by atoms with E-state index in [-0.39, 0.29) is 87.4 Å². The first-order valence-electron chi connectivity index (χ1n) is 6.67. The van der Waals surface area contributed by atoms with Crippen molar-refractivity contribution in [2.24, 2.45) is 10.8 Å². The van der Waals surface area contributed by atoms with Crippen LogP contribution in [0.5, 0.6) is 0 Å². The third-order valence-electron chi connectivity index (χ3n) is 3.67. The molecule has 0 aromatic rings. The molecule has 2 N–H and O–H groups in total. The Morgan fingerprint density at radius 2 is 1.30 bits per heavy atom. The van der Waals surface area contributed by atoms with Crippen LogP contribution in [0.1, 0.15) is 66.2 Å². The fourth-order valence-corrected chi connectivity index (χ4v) is 2.32. The molecular formula is C14H28KNaO4. The van der Waals surface area contributed by atoms with Gasteiger partial charge in [-0.3, -0.25) is 9.59 Å². The summed E-state index contributed by atoms with van der Waals surface area (Å²) in [5.41, 5.74) is -2.48. The summed E-state index contributed by atoms with van der Waals surface area (Å²) in [6.45, 7) is 7.15. The zero-order chi connectivity index (χ0) is 14.4. The molecule has 0 spiro atoms. The number of hydrogen-bond donors (Lipinski definition) is 2. The van der Waals surface area contributed by atoms with Crippen LogP contribution in [0.15, 0.2) is 0 Å². The standard InChI is InChI=1S/C14H26O4.K.Na.2H/c1-5-6-7-8-9-10-14(11(15)16,12(17)18)13(2,3)4;;;;/h5-10H2,1-4H3,(H,15,16)(H,17,18);;;;. The number of unbranched alkanes of at least 4 members (excludes halogenated alkanes) is 4. The van der Waals surface area contributed by atoms with Gasteiger partial charge in [-0.25, -0.2) is 0 Å². The van der Waals surface area contributed by atoms with Crippen LogP contribution in [0.2, 0.25) is 0 Å². The van der Waals surface area contributed by atoms with Crippen molar-refractivity contribution < 1.29 is 19.8 Å². The summed E-state index contributed by atoms with van der Waals surface area (Å²) in [4.78, 5) is 22.9. The van der Waals surface area contributed by atoms with Crippen LogP contribution < -0.4 is 0 Å². The van der Waals surface area contributed by atoms with E-state index in [0.717, 1.165) is 25.7 Å². The molecule has 0 atom stereocenters. The van der Waals surface area contributed by atoms with Gasteiger partial charge in [0.2, 0.25) is 0 Å². The molecule has 0 aliphatic heterocycles. The van der Waals surface area contributed by atoms with Gasteiger partial charge in [0.1, 0.15) is 0 Å². The van der Waals surface area contributed by atoms with E-state index in [2.05, 4.69) is 6.92 Å². The molecule has 0 saturated carbocycles.